The van der Waals surface area contributed by atoms with E-state index in [0.29, 0.717) is 18.1 Å². The van der Waals surface area contributed by atoms with Gasteiger partial charge in [-0.05, 0) is 12.8 Å². The Balaban J connectivity index is 2.06. The summed E-state index contributed by atoms with van der Waals surface area (Å²) < 4.78 is 5.07. The van der Waals surface area contributed by atoms with Crippen molar-refractivity contribution in [1.82, 2.24) is 10.0 Å². The molecule has 0 spiro atoms. The van der Waals surface area contributed by atoms with E-state index in [4.69, 9.17) is 10.5 Å². The van der Waals surface area contributed by atoms with Crippen molar-refractivity contribution < 1.29 is 14.6 Å². The largest absolute Gasteiger partial charge is 0.504 e. The second-order valence-corrected chi connectivity index (χ2v) is 5.35. The molecule has 0 aliphatic carbocycles. The van der Waals surface area contributed by atoms with Gasteiger partial charge in [0.05, 0.1) is 18.5 Å². The van der Waals surface area contributed by atoms with E-state index in [-0.39, 0.29) is 28.8 Å². The maximum Gasteiger partial charge on any atom is 0.294 e. The number of ether oxygens (including phenoxy) is 1. The van der Waals surface area contributed by atoms with Gasteiger partial charge in [0.25, 0.3) is 5.91 Å². The number of nitrogen functional groups attached to an aromatic ring is 1. The monoisotopic (exact) mass is 317 g/mol. The Bertz CT molecular complexity index is 713. The van der Waals surface area contributed by atoms with Gasteiger partial charge in [-0.3, -0.25) is 14.8 Å². The summed E-state index contributed by atoms with van der Waals surface area (Å²) in [6.07, 6.45) is 1.97. The van der Waals surface area contributed by atoms with Crippen molar-refractivity contribution in [3.8, 4) is 11.5 Å². The Morgan fingerprint density at radius 1 is 1.26 bits per heavy atom. The zero-order valence-electron chi connectivity index (χ0n) is 13.1. The van der Waals surface area contributed by atoms with Crippen molar-refractivity contribution in [2.24, 2.45) is 9.98 Å². The highest BCUT2D eigenvalue weighted by Gasteiger charge is 2.41. The second kappa shape index (κ2) is 5.79. The van der Waals surface area contributed by atoms with Crippen LogP contribution < -0.4 is 10.5 Å². The number of amidine groups is 1. The molecule has 2 aliphatic rings. The first-order valence-electron chi connectivity index (χ1n) is 7.38. The molecule has 0 bridgehead atoms. The minimum atomic E-state index is -0.184. The van der Waals surface area contributed by atoms with Crippen LogP contribution in [0.2, 0.25) is 0 Å². The van der Waals surface area contributed by atoms with Crippen molar-refractivity contribution in [1.29, 1.82) is 0 Å². The molecule has 3 rings (SSSR count). The molecule has 8 heteroatoms. The standard InChI is InChI=1S/C15H19N5O3/c1-17-14-13(15(22)20-6-4-3-5-19(14)20)18-10-8-12(23-2)11(21)7-9(10)16/h7-8,21H,3-6,16H2,1-2H3. The highest BCUT2D eigenvalue weighted by Crippen LogP contribution is 2.36. The topological polar surface area (TPSA) is 104 Å². The number of hydrogen-bond acceptors (Lipinski definition) is 6. The fraction of sp³-hybridized carbons (Fsp3) is 0.400. The summed E-state index contributed by atoms with van der Waals surface area (Å²) in [6, 6.07) is 2.86. The number of carbonyl (C=O) groups excluding carboxylic acids is 1. The smallest absolute Gasteiger partial charge is 0.294 e. The van der Waals surface area contributed by atoms with Crippen molar-refractivity contribution in [3.05, 3.63) is 12.1 Å². The van der Waals surface area contributed by atoms with E-state index in [1.54, 1.807) is 12.1 Å². The summed E-state index contributed by atoms with van der Waals surface area (Å²) in [7, 11) is 3.07. The summed E-state index contributed by atoms with van der Waals surface area (Å²) >= 11 is 0. The first-order chi connectivity index (χ1) is 11.1. The number of phenols is 1. The third-order valence-corrected chi connectivity index (χ3v) is 3.95. The van der Waals surface area contributed by atoms with E-state index in [1.807, 2.05) is 5.01 Å². The molecule has 3 N–H and O–H groups in total. The minimum absolute atomic E-state index is 0.0720. The molecule has 0 aromatic heterocycles. The minimum Gasteiger partial charge on any atom is -0.504 e. The molecule has 122 valence electrons. The van der Waals surface area contributed by atoms with Gasteiger partial charge in [-0.1, -0.05) is 0 Å². The van der Waals surface area contributed by atoms with Gasteiger partial charge in [-0.25, -0.2) is 10.0 Å². The van der Waals surface area contributed by atoms with Crippen LogP contribution in [0.3, 0.4) is 0 Å². The van der Waals surface area contributed by atoms with E-state index in [2.05, 4.69) is 9.98 Å². The summed E-state index contributed by atoms with van der Waals surface area (Å²) in [5, 5.41) is 13.3. The molecule has 2 fully saturated rings. The number of hydrogen-bond donors (Lipinski definition) is 2. The predicted molar refractivity (Wildman–Crippen MR) is 87.2 cm³/mol. The van der Waals surface area contributed by atoms with Gasteiger partial charge in [0.1, 0.15) is 0 Å². The number of nitrogens with two attached hydrogens (primary N) is 1. The molecule has 2 saturated heterocycles. The number of nitrogens with zero attached hydrogens (tertiary/aromatic N) is 4. The number of phenolic OH excluding ortho intramolecular Hbond substituents is 1. The van der Waals surface area contributed by atoms with Crippen LogP contribution in [0.25, 0.3) is 0 Å². The van der Waals surface area contributed by atoms with E-state index in [9.17, 15) is 9.90 Å². The molecule has 0 radical (unpaired) electrons. The predicted octanol–water partition coefficient (Wildman–Crippen LogP) is 0.937. The number of rotatable bonds is 2. The molecule has 0 unspecified atom stereocenters. The van der Waals surface area contributed by atoms with Crippen molar-refractivity contribution in [3.63, 3.8) is 0 Å². The average molecular weight is 317 g/mol. The third kappa shape index (κ3) is 2.45. The van der Waals surface area contributed by atoms with Gasteiger partial charge >= 0.3 is 0 Å². The Kier molecular flexibility index (Phi) is 3.81. The summed E-state index contributed by atoms with van der Waals surface area (Å²) in [5.41, 5.74) is 6.79. The number of aliphatic imine (C=N–C) groups is 2. The normalized spacial score (nSPS) is 21.2. The van der Waals surface area contributed by atoms with Crippen LogP contribution in [0, 0.1) is 0 Å². The summed E-state index contributed by atoms with van der Waals surface area (Å²) in [4.78, 5) is 21.2. The lowest BCUT2D eigenvalue weighted by Crippen LogP contribution is -2.45. The van der Waals surface area contributed by atoms with Crippen molar-refractivity contribution >= 4 is 28.8 Å². The van der Waals surface area contributed by atoms with Gasteiger partial charge < -0.3 is 15.6 Å². The van der Waals surface area contributed by atoms with Crippen LogP contribution in [0.15, 0.2) is 22.1 Å². The van der Waals surface area contributed by atoms with Crippen molar-refractivity contribution in [2.75, 3.05) is 33.0 Å². The molecular formula is C15H19N5O3. The van der Waals surface area contributed by atoms with Gasteiger partial charge in [0.15, 0.2) is 23.0 Å². The third-order valence-electron chi connectivity index (χ3n) is 3.95. The van der Waals surface area contributed by atoms with Gasteiger partial charge in [-0.2, -0.15) is 0 Å². The molecule has 8 nitrogen and oxygen atoms in total. The summed E-state index contributed by atoms with van der Waals surface area (Å²) in [5.74, 6) is 0.534. The average Bonchev–Trinajstić information content (AvgIpc) is 2.82. The highest BCUT2D eigenvalue weighted by molar-refractivity contribution is 6.69. The number of carbonyl (C=O) groups is 1. The molecule has 1 amide bonds. The number of hydrazine groups is 1. The molecule has 0 atom stereocenters. The van der Waals surface area contributed by atoms with Crippen LogP contribution in [0.4, 0.5) is 11.4 Å². The maximum atomic E-state index is 12.6. The van der Waals surface area contributed by atoms with Crippen LogP contribution in [0.1, 0.15) is 12.8 Å². The molecule has 23 heavy (non-hydrogen) atoms. The zero-order valence-corrected chi connectivity index (χ0v) is 13.1. The maximum absolute atomic E-state index is 12.6. The molecular weight excluding hydrogens is 298 g/mol. The lowest BCUT2D eigenvalue weighted by Gasteiger charge is -2.32. The Labute approximate surface area is 133 Å². The van der Waals surface area contributed by atoms with Crippen LogP contribution in [-0.2, 0) is 4.79 Å². The Hall–Kier alpha value is -2.77. The van der Waals surface area contributed by atoms with E-state index in [0.717, 1.165) is 19.4 Å². The summed E-state index contributed by atoms with van der Waals surface area (Å²) in [6.45, 7) is 1.40. The number of aromatic hydroxyl groups is 1. The molecule has 2 aliphatic heterocycles. The van der Waals surface area contributed by atoms with Gasteiger partial charge in [0.2, 0.25) is 0 Å². The van der Waals surface area contributed by atoms with E-state index >= 15 is 0 Å². The number of fused-ring (bicyclic) bond motifs is 1. The number of methoxy groups -OCH3 is 1. The first-order valence-corrected chi connectivity index (χ1v) is 7.38. The van der Waals surface area contributed by atoms with E-state index < -0.39 is 0 Å². The molecule has 1 aromatic carbocycles. The Morgan fingerprint density at radius 2 is 1.96 bits per heavy atom. The lowest BCUT2D eigenvalue weighted by molar-refractivity contribution is -0.134. The number of benzene rings is 1. The fourth-order valence-electron chi connectivity index (χ4n) is 2.81. The lowest BCUT2D eigenvalue weighted by atomic mass is 10.2. The quantitative estimate of drug-likeness (QED) is 0.790. The molecule has 2 heterocycles. The van der Waals surface area contributed by atoms with Crippen LogP contribution in [-0.4, -0.2) is 59.8 Å². The number of anilines is 1. The van der Waals surface area contributed by atoms with Gasteiger partial charge in [0, 0.05) is 32.3 Å². The SMILES string of the molecule is CN=C1C(=Nc2cc(OC)c(O)cc2N)C(=O)N2CCCCN12. The van der Waals surface area contributed by atoms with Crippen LogP contribution >= 0.6 is 0 Å². The fourth-order valence-corrected chi connectivity index (χ4v) is 2.81. The van der Waals surface area contributed by atoms with E-state index in [1.165, 1.54) is 19.2 Å². The second-order valence-electron chi connectivity index (χ2n) is 5.35. The van der Waals surface area contributed by atoms with Crippen molar-refractivity contribution in [2.45, 2.75) is 12.8 Å². The number of amides is 1. The molecule has 0 saturated carbocycles. The van der Waals surface area contributed by atoms with Gasteiger partial charge in [-0.15, -0.1) is 0 Å². The molecule has 1 aromatic rings. The Morgan fingerprint density at radius 3 is 2.61 bits per heavy atom. The first kappa shape index (κ1) is 15.1. The highest BCUT2D eigenvalue weighted by atomic mass is 16.5. The van der Waals surface area contributed by atoms with Crippen LogP contribution in [0.5, 0.6) is 11.5 Å². The zero-order chi connectivity index (χ0) is 16.6.